The summed E-state index contributed by atoms with van der Waals surface area (Å²) in [6.45, 7) is 4.29. The Bertz CT molecular complexity index is 602. The summed E-state index contributed by atoms with van der Waals surface area (Å²) in [5, 5.41) is 6.53. The van der Waals surface area contributed by atoms with E-state index in [0.717, 1.165) is 16.8 Å². The smallest absolute Gasteiger partial charge is 0.268 e. The Morgan fingerprint density at radius 3 is 2.71 bits per heavy atom. The summed E-state index contributed by atoms with van der Waals surface area (Å²) in [7, 11) is 0. The lowest BCUT2D eigenvalue weighted by molar-refractivity contribution is 0.929. The molecule has 1 aromatic heterocycles. The van der Waals surface area contributed by atoms with E-state index in [1.165, 1.54) is 5.56 Å². The molecule has 0 radical (unpaired) electrons. The Morgan fingerprint density at radius 2 is 2.06 bits per heavy atom. The van der Waals surface area contributed by atoms with Crippen molar-refractivity contribution >= 4 is 0 Å². The van der Waals surface area contributed by atoms with Crippen molar-refractivity contribution in [1.29, 1.82) is 0 Å². The summed E-state index contributed by atoms with van der Waals surface area (Å²) in [6.07, 6.45) is 0. The highest BCUT2D eigenvalue weighted by Crippen LogP contribution is 2.21. The number of hydrogen-bond acceptors (Lipinski definition) is 3. The molecule has 88 valence electrons. The lowest BCUT2D eigenvalue weighted by atomic mass is 10.0. The van der Waals surface area contributed by atoms with Crippen LogP contribution < -0.4 is 11.3 Å². The third-order valence-electron chi connectivity index (χ3n) is 2.76. The number of H-pyrrole nitrogens is 1. The van der Waals surface area contributed by atoms with Crippen LogP contribution in [0.2, 0.25) is 0 Å². The zero-order valence-corrected chi connectivity index (χ0v) is 9.95. The number of benzene rings is 1. The van der Waals surface area contributed by atoms with Crippen molar-refractivity contribution in [2.24, 2.45) is 5.73 Å². The van der Waals surface area contributed by atoms with Gasteiger partial charge in [0.05, 0.1) is 5.69 Å². The van der Waals surface area contributed by atoms with Gasteiger partial charge in [-0.05, 0) is 25.5 Å². The highest BCUT2D eigenvalue weighted by atomic mass is 16.1. The average molecular weight is 229 g/mol. The summed E-state index contributed by atoms with van der Waals surface area (Å²) in [4.78, 5) is 11.4. The van der Waals surface area contributed by atoms with Gasteiger partial charge >= 0.3 is 0 Å². The predicted octanol–water partition coefficient (Wildman–Crippen LogP) is 1.51. The summed E-state index contributed by atoms with van der Waals surface area (Å²) < 4.78 is 0. The van der Waals surface area contributed by atoms with Gasteiger partial charge in [0, 0.05) is 17.7 Å². The fourth-order valence-electron chi connectivity index (χ4n) is 1.84. The van der Waals surface area contributed by atoms with Crippen LogP contribution in [0.3, 0.4) is 0 Å². The van der Waals surface area contributed by atoms with Crippen molar-refractivity contribution in [2.75, 3.05) is 0 Å². The molecule has 0 aliphatic heterocycles. The summed E-state index contributed by atoms with van der Waals surface area (Å²) in [5.74, 6) is 0. The quantitative estimate of drug-likeness (QED) is 0.820. The van der Waals surface area contributed by atoms with E-state index in [9.17, 15) is 4.79 Å². The molecule has 0 fully saturated rings. The van der Waals surface area contributed by atoms with Crippen LogP contribution in [-0.2, 0) is 6.54 Å². The van der Waals surface area contributed by atoms with Crippen molar-refractivity contribution in [3.8, 4) is 11.3 Å². The second-order valence-corrected chi connectivity index (χ2v) is 4.13. The number of rotatable bonds is 2. The fraction of sp³-hybridized carbons (Fsp3) is 0.231. The number of nitrogens with zero attached hydrogens (tertiary/aromatic N) is 1. The van der Waals surface area contributed by atoms with E-state index in [1.54, 1.807) is 6.07 Å². The predicted molar refractivity (Wildman–Crippen MR) is 67.7 cm³/mol. The van der Waals surface area contributed by atoms with E-state index < -0.39 is 0 Å². The molecule has 0 unspecified atom stereocenters. The molecule has 0 spiro atoms. The number of aromatic amines is 1. The number of nitrogens with two attached hydrogens (primary N) is 1. The monoisotopic (exact) mass is 229 g/mol. The molecule has 0 saturated carbocycles. The van der Waals surface area contributed by atoms with E-state index in [1.807, 2.05) is 26.0 Å². The minimum absolute atomic E-state index is 0.218. The van der Waals surface area contributed by atoms with E-state index in [2.05, 4.69) is 16.3 Å². The maximum Gasteiger partial charge on any atom is 0.268 e. The molecule has 0 aliphatic rings. The van der Waals surface area contributed by atoms with Gasteiger partial charge < -0.3 is 5.73 Å². The Balaban J connectivity index is 2.57. The van der Waals surface area contributed by atoms with Crippen LogP contribution in [0.1, 0.15) is 16.7 Å². The van der Waals surface area contributed by atoms with Gasteiger partial charge in [-0.15, -0.1) is 0 Å². The van der Waals surface area contributed by atoms with Crippen LogP contribution in [0.5, 0.6) is 0 Å². The van der Waals surface area contributed by atoms with Crippen molar-refractivity contribution < 1.29 is 0 Å². The Morgan fingerprint density at radius 1 is 1.29 bits per heavy atom. The molecule has 1 aromatic carbocycles. The summed E-state index contributed by atoms with van der Waals surface area (Å²) in [5.41, 5.74) is 9.94. The molecule has 2 rings (SSSR count). The molecule has 3 N–H and O–H groups in total. The first-order valence-electron chi connectivity index (χ1n) is 5.48. The molecular formula is C13H15N3O. The fourth-order valence-corrected chi connectivity index (χ4v) is 1.84. The standard InChI is InChI=1S/C13H15N3O/c1-8-3-4-11(9(2)5-8)12-6-10(7-14)13(17)16-15-12/h3-6H,7,14H2,1-2H3,(H,16,17). The molecule has 4 heteroatoms. The van der Waals surface area contributed by atoms with Gasteiger partial charge in [-0.1, -0.05) is 23.8 Å². The average Bonchev–Trinajstić information content (AvgIpc) is 2.30. The van der Waals surface area contributed by atoms with Crippen LogP contribution in [0, 0.1) is 13.8 Å². The van der Waals surface area contributed by atoms with Crippen LogP contribution in [0.15, 0.2) is 29.1 Å². The van der Waals surface area contributed by atoms with Crippen molar-refractivity contribution in [1.82, 2.24) is 10.2 Å². The molecule has 17 heavy (non-hydrogen) atoms. The second kappa shape index (κ2) is 4.51. The topological polar surface area (TPSA) is 71.8 Å². The summed E-state index contributed by atoms with van der Waals surface area (Å²) in [6, 6.07) is 7.86. The SMILES string of the molecule is Cc1ccc(-c2cc(CN)c(=O)[nH]n2)c(C)c1. The number of hydrogen-bond donors (Lipinski definition) is 2. The minimum Gasteiger partial charge on any atom is -0.326 e. The van der Waals surface area contributed by atoms with Gasteiger partial charge in [-0.2, -0.15) is 5.10 Å². The van der Waals surface area contributed by atoms with E-state index in [4.69, 9.17) is 5.73 Å². The zero-order valence-electron chi connectivity index (χ0n) is 9.95. The molecule has 0 aliphatic carbocycles. The number of nitrogens with one attached hydrogen (secondary N) is 1. The first-order valence-corrected chi connectivity index (χ1v) is 5.48. The third kappa shape index (κ3) is 2.26. The van der Waals surface area contributed by atoms with Crippen molar-refractivity contribution in [3.63, 3.8) is 0 Å². The largest absolute Gasteiger partial charge is 0.326 e. The van der Waals surface area contributed by atoms with Crippen LogP contribution in [0.4, 0.5) is 0 Å². The van der Waals surface area contributed by atoms with E-state index in [-0.39, 0.29) is 12.1 Å². The lowest BCUT2D eigenvalue weighted by Gasteiger charge is -2.06. The zero-order chi connectivity index (χ0) is 12.4. The number of aromatic nitrogens is 2. The Kier molecular flexibility index (Phi) is 3.06. The second-order valence-electron chi connectivity index (χ2n) is 4.13. The summed E-state index contributed by atoms with van der Waals surface area (Å²) >= 11 is 0. The molecule has 0 bridgehead atoms. The molecule has 2 aromatic rings. The van der Waals surface area contributed by atoms with E-state index in [0.29, 0.717) is 5.56 Å². The highest BCUT2D eigenvalue weighted by molar-refractivity contribution is 5.63. The van der Waals surface area contributed by atoms with Crippen LogP contribution >= 0.6 is 0 Å². The van der Waals surface area contributed by atoms with Crippen LogP contribution in [0.25, 0.3) is 11.3 Å². The minimum atomic E-state index is -0.221. The first-order chi connectivity index (χ1) is 8.11. The van der Waals surface area contributed by atoms with Gasteiger partial charge in [0.2, 0.25) is 0 Å². The van der Waals surface area contributed by atoms with Gasteiger partial charge in [0.1, 0.15) is 0 Å². The van der Waals surface area contributed by atoms with Gasteiger partial charge in [0.15, 0.2) is 0 Å². The molecule has 0 amide bonds. The molecular weight excluding hydrogens is 214 g/mol. The molecule has 0 atom stereocenters. The molecule has 1 heterocycles. The lowest BCUT2D eigenvalue weighted by Crippen LogP contribution is -2.17. The normalized spacial score (nSPS) is 10.5. The molecule has 0 saturated heterocycles. The van der Waals surface area contributed by atoms with Gasteiger partial charge in [-0.3, -0.25) is 4.79 Å². The van der Waals surface area contributed by atoms with Crippen molar-refractivity contribution in [2.45, 2.75) is 20.4 Å². The van der Waals surface area contributed by atoms with Crippen LogP contribution in [-0.4, -0.2) is 10.2 Å². The highest BCUT2D eigenvalue weighted by Gasteiger charge is 2.06. The third-order valence-corrected chi connectivity index (χ3v) is 2.76. The van der Waals surface area contributed by atoms with E-state index >= 15 is 0 Å². The Hall–Kier alpha value is -1.94. The van der Waals surface area contributed by atoms with Gasteiger partial charge in [0.25, 0.3) is 5.56 Å². The number of aryl methyl sites for hydroxylation is 2. The Labute approximate surface area is 99.5 Å². The van der Waals surface area contributed by atoms with Crippen molar-refractivity contribution in [3.05, 3.63) is 51.3 Å². The maximum atomic E-state index is 11.4. The maximum absolute atomic E-state index is 11.4. The first kappa shape index (κ1) is 11.5. The molecule has 4 nitrogen and oxygen atoms in total. The van der Waals surface area contributed by atoms with Gasteiger partial charge in [-0.25, -0.2) is 5.10 Å².